The van der Waals surface area contributed by atoms with Crippen molar-refractivity contribution >= 4 is 26.6 Å². The molecule has 0 unspecified atom stereocenters. The molecule has 1 heterocycles. The molecule has 1 aromatic heterocycles. The Morgan fingerprint density at radius 3 is 2.75 bits per heavy atom. The summed E-state index contributed by atoms with van der Waals surface area (Å²) in [6.07, 6.45) is 1.84. The number of rotatable bonds is 3. The number of aromatic nitrogens is 1. The van der Waals surface area contributed by atoms with Crippen LogP contribution >= 0.6 is 0 Å². The molecule has 0 spiro atoms. The largest absolute Gasteiger partial charge is 0.361 e. The van der Waals surface area contributed by atoms with Crippen LogP contribution in [0, 0.1) is 0 Å². The normalized spacial score (nSPS) is 11.9. The predicted octanol–water partition coefficient (Wildman–Crippen LogP) is 1.95. The quantitative estimate of drug-likeness (QED) is 0.888. The van der Waals surface area contributed by atoms with Gasteiger partial charge in [-0.3, -0.25) is 4.31 Å². The summed E-state index contributed by atoms with van der Waals surface area (Å²) < 4.78 is 24.7. The Kier molecular flexibility index (Phi) is 2.63. The number of benzene rings is 1. The summed E-state index contributed by atoms with van der Waals surface area (Å²) in [6.45, 7) is 1.64. The Labute approximate surface area is 94.9 Å². The third-order valence-corrected chi connectivity index (χ3v) is 4.46. The molecule has 4 nitrogen and oxygen atoms in total. The second kappa shape index (κ2) is 3.83. The Morgan fingerprint density at radius 2 is 2.06 bits per heavy atom. The fourth-order valence-corrected chi connectivity index (χ4v) is 2.41. The summed E-state index contributed by atoms with van der Waals surface area (Å²) in [4.78, 5) is 3.07. The maximum atomic E-state index is 11.7. The summed E-state index contributed by atoms with van der Waals surface area (Å²) in [5, 5.41) is 1.01. The van der Waals surface area contributed by atoms with Gasteiger partial charge in [-0.1, -0.05) is 0 Å². The van der Waals surface area contributed by atoms with Gasteiger partial charge < -0.3 is 4.98 Å². The Morgan fingerprint density at radius 1 is 1.31 bits per heavy atom. The monoisotopic (exact) mass is 238 g/mol. The summed E-state index contributed by atoms with van der Waals surface area (Å²) >= 11 is 0. The Balaban J connectivity index is 2.47. The number of nitrogens with one attached hydrogen (secondary N) is 1. The molecule has 0 amide bonds. The fourth-order valence-electron chi connectivity index (χ4n) is 1.59. The van der Waals surface area contributed by atoms with Crippen molar-refractivity contribution in [2.45, 2.75) is 6.92 Å². The van der Waals surface area contributed by atoms with Crippen molar-refractivity contribution in [3.63, 3.8) is 0 Å². The zero-order chi connectivity index (χ0) is 11.8. The van der Waals surface area contributed by atoms with Crippen LogP contribution in [-0.2, 0) is 10.0 Å². The van der Waals surface area contributed by atoms with Gasteiger partial charge in [-0.05, 0) is 31.2 Å². The van der Waals surface area contributed by atoms with E-state index in [2.05, 4.69) is 4.98 Å². The van der Waals surface area contributed by atoms with Gasteiger partial charge in [0.15, 0.2) is 0 Å². The lowest BCUT2D eigenvalue weighted by Crippen LogP contribution is -2.27. The van der Waals surface area contributed by atoms with Crippen molar-refractivity contribution in [3.8, 4) is 0 Å². The van der Waals surface area contributed by atoms with Crippen LogP contribution in [0.1, 0.15) is 6.92 Å². The third kappa shape index (κ3) is 1.78. The molecule has 0 fully saturated rings. The van der Waals surface area contributed by atoms with E-state index in [0.29, 0.717) is 5.69 Å². The van der Waals surface area contributed by atoms with Crippen molar-refractivity contribution in [2.24, 2.45) is 0 Å². The second-order valence-corrected chi connectivity index (χ2v) is 5.91. The number of nitrogens with zero attached hydrogens (tertiary/aromatic N) is 1. The number of hydrogen-bond donors (Lipinski definition) is 1. The van der Waals surface area contributed by atoms with Crippen LogP contribution in [0.2, 0.25) is 0 Å². The summed E-state index contributed by atoms with van der Waals surface area (Å²) in [5.41, 5.74) is 1.69. The van der Waals surface area contributed by atoms with Crippen molar-refractivity contribution in [2.75, 3.05) is 17.1 Å². The second-order valence-electron chi connectivity index (χ2n) is 3.62. The summed E-state index contributed by atoms with van der Waals surface area (Å²) in [5.74, 6) is 0.106. The first-order valence-electron chi connectivity index (χ1n) is 5.08. The highest BCUT2D eigenvalue weighted by Crippen LogP contribution is 2.22. The van der Waals surface area contributed by atoms with Gasteiger partial charge in [0.1, 0.15) is 0 Å². The lowest BCUT2D eigenvalue weighted by atomic mass is 10.2. The fraction of sp³-hybridized carbons (Fsp3) is 0.273. The number of fused-ring (bicyclic) bond motifs is 1. The average molecular weight is 238 g/mol. The van der Waals surface area contributed by atoms with Gasteiger partial charge in [0.25, 0.3) is 0 Å². The molecule has 0 aliphatic rings. The lowest BCUT2D eigenvalue weighted by molar-refractivity contribution is 0.595. The van der Waals surface area contributed by atoms with Gasteiger partial charge in [-0.15, -0.1) is 0 Å². The molecular formula is C11H14N2O2S. The van der Waals surface area contributed by atoms with E-state index < -0.39 is 10.0 Å². The molecule has 0 atom stereocenters. The maximum Gasteiger partial charge on any atom is 0.234 e. The van der Waals surface area contributed by atoms with E-state index in [1.165, 1.54) is 4.31 Å². The molecule has 0 aliphatic carbocycles. The maximum absolute atomic E-state index is 11.7. The first kappa shape index (κ1) is 11.0. The van der Waals surface area contributed by atoms with Crippen LogP contribution in [0.3, 0.4) is 0 Å². The van der Waals surface area contributed by atoms with Crippen LogP contribution in [0.15, 0.2) is 30.5 Å². The van der Waals surface area contributed by atoms with Gasteiger partial charge in [0.05, 0.1) is 11.4 Å². The zero-order valence-electron chi connectivity index (χ0n) is 9.27. The van der Waals surface area contributed by atoms with E-state index >= 15 is 0 Å². The molecule has 1 aromatic carbocycles. The summed E-state index contributed by atoms with van der Waals surface area (Å²) in [6, 6.07) is 7.46. The van der Waals surface area contributed by atoms with Crippen molar-refractivity contribution < 1.29 is 8.42 Å². The Hall–Kier alpha value is -1.49. The molecular weight excluding hydrogens is 224 g/mol. The van der Waals surface area contributed by atoms with Crippen molar-refractivity contribution in [1.82, 2.24) is 4.98 Å². The summed E-state index contributed by atoms with van der Waals surface area (Å²) in [7, 11) is -1.60. The molecule has 16 heavy (non-hydrogen) atoms. The van der Waals surface area contributed by atoms with Crippen LogP contribution in [0.5, 0.6) is 0 Å². The Bertz CT molecular complexity index is 601. The topological polar surface area (TPSA) is 53.2 Å². The van der Waals surface area contributed by atoms with Crippen LogP contribution in [0.25, 0.3) is 10.9 Å². The van der Waals surface area contributed by atoms with Gasteiger partial charge in [0, 0.05) is 24.1 Å². The molecule has 0 saturated carbocycles. The number of H-pyrrole nitrogens is 1. The minimum Gasteiger partial charge on any atom is -0.361 e. The molecule has 0 radical (unpaired) electrons. The first-order chi connectivity index (χ1) is 7.54. The van der Waals surface area contributed by atoms with Crippen molar-refractivity contribution in [3.05, 3.63) is 30.5 Å². The standard InChI is InChI=1S/C11H14N2O2S/c1-3-16(14,15)13(2)10-4-5-11-9(8-10)6-7-12-11/h4-8,12H,3H2,1-2H3. The third-order valence-electron chi connectivity index (χ3n) is 2.68. The molecule has 1 N–H and O–H groups in total. The number of anilines is 1. The molecule has 5 heteroatoms. The van der Waals surface area contributed by atoms with Gasteiger partial charge in [-0.25, -0.2) is 8.42 Å². The van der Waals surface area contributed by atoms with Gasteiger partial charge in [-0.2, -0.15) is 0 Å². The predicted molar refractivity (Wildman–Crippen MR) is 66.2 cm³/mol. The van der Waals surface area contributed by atoms with E-state index in [0.717, 1.165) is 10.9 Å². The number of hydrogen-bond acceptors (Lipinski definition) is 2. The lowest BCUT2D eigenvalue weighted by Gasteiger charge is -2.18. The number of sulfonamides is 1. The zero-order valence-corrected chi connectivity index (χ0v) is 10.1. The molecule has 0 saturated heterocycles. The highest BCUT2D eigenvalue weighted by molar-refractivity contribution is 7.92. The SMILES string of the molecule is CCS(=O)(=O)N(C)c1ccc2[nH]ccc2c1. The van der Waals surface area contributed by atoms with E-state index in [4.69, 9.17) is 0 Å². The first-order valence-corrected chi connectivity index (χ1v) is 6.69. The smallest absolute Gasteiger partial charge is 0.234 e. The van der Waals surface area contributed by atoms with Crippen LogP contribution in [0.4, 0.5) is 5.69 Å². The van der Waals surface area contributed by atoms with Crippen LogP contribution in [-0.4, -0.2) is 26.2 Å². The minimum absolute atomic E-state index is 0.106. The molecule has 0 aliphatic heterocycles. The highest BCUT2D eigenvalue weighted by Gasteiger charge is 2.15. The van der Waals surface area contributed by atoms with Gasteiger partial charge >= 0.3 is 0 Å². The number of aromatic amines is 1. The van der Waals surface area contributed by atoms with E-state index in [-0.39, 0.29) is 5.75 Å². The van der Waals surface area contributed by atoms with E-state index in [1.807, 2.05) is 24.4 Å². The minimum atomic E-state index is -3.18. The molecule has 2 rings (SSSR count). The molecule has 86 valence electrons. The van der Waals surface area contributed by atoms with E-state index in [1.54, 1.807) is 20.0 Å². The van der Waals surface area contributed by atoms with Crippen LogP contribution < -0.4 is 4.31 Å². The van der Waals surface area contributed by atoms with Crippen molar-refractivity contribution in [1.29, 1.82) is 0 Å². The van der Waals surface area contributed by atoms with Gasteiger partial charge in [0.2, 0.25) is 10.0 Å². The average Bonchev–Trinajstić information content (AvgIpc) is 2.74. The highest BCUT2D eigenvalue weighted by atomic mass is 32.2. The van der Waals surface area contributed by atoms with E-state index in [9.17, 15) is 8.42 Å². The molecule has 0 bridgehead atoms. The molecule has 2 aromatic rings.